The lowest BCUT2D eigenvalue weighted by atomic mass is 9.76. The number of hydrogen-bond acceptors (Lipinski definition) is 6. The highest BCUT2D eigenvalue weighted by atomic mass is 19.3. The minimum absolute atomic E-state index is 0.0523. The van der Waals surface area contributed by atoms with E-state index in [4.69, 9.17) is 10.4 Å². The van der Waals surface area contributed by atoms with Crippen molar-refractivity contribution in [3.05, 3.63) is 41.0 Å². The minimum Gasteiger partial charge on any atom is -0.364 e. The van der Waals surface area contributed by atoms with Crippen molar-refractivity contribution in [3.63, 3.8) is 0 Å². The number of primary amides is 1. The van der Waals surface area contributed by atoms with Crippen LogP contribution >= 0.6 is 0 Å². The van der Waals surface area contributed by atoms with Crippen LogP contribution in [0.4, 0.5) is 17.6 Å². The highest BCUT2D eigenvalue weighted by Gasteiger charge is 2.46. The number of benzene rings is 1. The number of carbonyl (C=O) groups excluding carboxylic acids is 2. The average Bonchev–Trinajstić information content (AvgIpc) is 3.81. The number of nitrogens with one attached hydrogen (secondary N) is 2. The zero-order chi connectivity index (χ0) is 28.2. The molecule has 0 saturated heterocycles. The lowest BCUT2D eigenvalue weighted by Crippen LogP contribution is -2.42. The van der Waals surface area contributed by atoms with Crippen molar-refractivity contribution in [1.82, 2.24) is 25.6 Å². The van der Waals surface area contributed by atoms with Crippen LogP contribution in [0.3, 0.4) is 0 Å². The zero-order valence-electron chi connectivity index (χ0n) is 21.6. The molecule has 9 nitrogen and oxygen atoms in total. The minimum atomic E-state index is -3.42. The molecular weight excluding hydrogens is 532 g/mol. The maximum atomic E-state index is 14.5. The number of aromatic nitrogens is 4. The summed E-state index contributed by atoms with van der Waals surface area (Å²) < 4.78 is 61.8. The van der Waals surface area contributed by atoms with Gasteiger partial charge in [-0.3, -0.25) is 9.59 Å². The number of rotatable bonds is 10. The smallest absolute Gasteiger partial charge is 0.324 e. The van der Waals surface area contributed by atoms with Crippen molar-refractivity contribution in [2.24, 2.45) is 23.5 Å². The van der Waals surface area contributed by atoms with Crippen molar-refractivity contribution in [3.8, 4) is 0 Å². The van der Waals surface area contributed by atoms with Gasteiger partial charge in [-0.15, -0.1) is 0 Å². The summed E-state index contributed by atoms with van der Waals surface area (Å²) >= 11 is 0. The van der Waals surface area contributed by atoms with Crippen LogP contribution in [0.1, 0.15) is 97.3 Å². The molecule has 3 saturated carbocycles. The standard InChI is InChI=1S/C27H30F4N6O3/c28-26(29)9-7-14(8-10-26)19(21-22(23(32)38)37-40-36-21)24-33-17-6-5-16(11-18(17)34-24)20(15-3-4-15)35-25(39)27(30,31)12-13-1-2-13/h5-6,11,13-15,19-20H,1-4,7-10,12H2,(H2,32,38)(H,33,34)(H,35,39)/t19-,20+/m0/s1. The maximum Gasteiger partial charge on any atom is 0.324 e. The fourth-order valence-electron chi connectivity index (χ4n) is 5.86. The Hall–Kier alpha value is -3.51. The highest BCUT2D eigenvalue weighted by Crippen LogP contribution is 2.46. The molecule has 4 N–H and O–H groups in total. The molecule has 0 unspecified atom stereocenters. The third-order valence-corrected chi connectivity index (χ3v) is 8.41. The van der Waals surface area contributed by atoms with Crippen LogP contribution in [0.5, 0.6) is 0 Å². The van der Waals surface area contributed by atoms with E-state index in [2.05, 4.69) is 25.6 Å². The summed E-state index contributed by atoms with van der Waals surface area (Å²) in [6, 6.07) is 4.65. The van der Waals surface area contributed by atoms with Gasteiger partial charge in [0.05, 0.1) is 23.0 Å². The Morgan fingerprint density at radius 2 is 1.82 bits per heavy atom. The first kappa shape index (κ1) is 26.7. The third-order valence-electron chi connectivity index (χ3n) is 8.41. The van der Waals surface area contributed by atoms with Gasteiger partial charge in [0.1, 0.15) is 11.5 Å². The van der Waals surface area contributed by atoms with Crippen LogP contribution in [0.25, 0.3) is 11.0 Å². The second-order valence-electron chi connectivity index (χ2n) is 11.6. The Morgan fingerprint density at radius 3 is 2.48 bits per heavy atom. The predicted molar refractivity (Wildman–Crippen MR) is 134 cm³/mol. The summed E-state index contributed by atoms with van der Waals surface area (Å²) in [5.74, 6) is -9.02. The van der Waals surface area contributed by atoms with Gasteiger partial charge in [0, 0.05) is 19.3 Å². The Bertz CT molecular complexity index is 1420. The molecule has 2 amide bonds. The van der Waals surface area contributed by atoms with E-state index in [1.807, 2.05) is 0 Å². The molecule has 0 spiro atoms. The van der Waals surface area contributed by atoms with E-state index in [0.717, 1.165) is 25.7 Å². The SMILES string of the molecule is NC(=O)c1nonc1[C@@H](c1nc2ccc([C@H](NC(=O)C(F)(F)CC3CC3)C3CC3)cc2[nH]1)C1CCC(F)(F)CC1. The van der Waals surface area contributed by atoms with Crippen LogP contribution < -0.4 is 11.1 Å². The number of alkyl halides is 4. The van der Waals surface area contributed by atoms with Crippen molar-refractivity contribution >= 4 is 22.8 Å². The quantitative estimate of drug-likeness (QED) is 0.297. The molecule has 6 rings (SSSR count). The van der Waals surface area contributed by atoms with Crippen molar-refractivity contribution in [2.45, 2.75) is 81.6 Å². The van der Waals surface area contributed by atoms with Crippen molar-refractivity contribution < 1.29 is 31.8 Å². The Balaban J connectivity index is 1.31. The van der Waals surface area contributed by atoms with Gasteiger partial charge in [0.15, 0.2) is 5.69 Å². The van der Waals surface area contributed by atoms with E-state index >= 15 is 0 Å². The second-order valence-corrected chi connectivity index (χ2v) is 11.6. The van der Waals surface area contributed by atoms with Gasteiger partial charge < -0.3 is 16.0 Å². The number of amides is 2. The summed E-state index contributed by atoms with van der Waals surface area (Å²) in [6.45, 7) is 0. The van der Waals surface area contributed by atoms with Crippen LogP contribution in [-0.4, -0.2) is 43.9 Å². The topological polar surface area (TPSA) is 140 Å². The van der Waals surface area contributed by atoms with E-state index in [-0.39, 0.29) is 54.8 Å². The molecular formula is C27H30F4N6O3. The molecule has 2 atom stereocenters. The Kier molecular flexibility index (Phi) is 6.57. The number of nitrogens with two attached hydrogens (primary N) is 1. The molecule has 3 aromatic rings. The molecule has 40 heavy (non-hydrogen) atoms. The second kappa shape index (κ2) is 9.84. The number of aromatic amines is 1. The Morgan fingerprint density at radius 1 is 1.10 bits per heavy atom. The van der Waals surface area contributed by atoms with Gasteiger partial charge in [-0.25, -0.2) is 18.4 Å². The van der Waals surface area contributed by atoms with Crippen LogP contribution in [-0.2, 0) is 4.79 Å². The Labute approximate surface area is 226 Å². The van der Waals surface area contributed by atoms with Gasteiger partial charge in [-0.05, 0) is 79.1 Å². The van der Waals surface area contributed by atoms with Crippen LogP contribution in [0, 0.1) is 17.8 Å². The number of fused-ring (bicyclic) bond motifs is 1. The third kappa shape index (κ3) is 5.42. The molecule has 1 aromatic carbocycles. The monoisotopic (exact) mass is 562 g/mol. The van der Waals surface area contributed by atoms with E-state index in [0.29, 0.717) is 22.4 Å². The lowest BCUT2D eigenvalue weighted by molar-refractivity contribution is -0.148. The fourth-order valence-corrected chi connectivity index (χ4v) is 5.86. The largest absolute Gasteiger partial charge is 0.364 e. The summed E-state index contributed by atoms with van der Waals surface area (Å²) in [5, 5.41) is 10.1. The number of H-pyrrole nitrogens is 1. The van der Waals surface area contributed by atoms with E-state index in [1.165, 1.54) is 0 Å². The summed E-state index contributed by atoms with van der Waals surface area (Å²) in [5.41, 5.74) is 7.19. The maximum absolute atomic E-state index is 14.5. The van der Waals surface area contributed by atoms with E-state index in [9.17, 15) is 27.2 Å². The summed E-state index contributed by atoms with van der Waals surface area (Å²) in [4.78, 5) is 32.4. The number of hydrogen-bond donors (Lipinski definition) is 3. The molecule has 13 heteroatoms. The van der Waals surface area contributed by atoms with Gasteiger partial charge in [0.2, 0.25) is 5.92 Å². The lowest BCUT2D eigenvalue weighted by Gasteiger charge is -2.32. The number of carbonyl (C=O) groups is 2. The van der Waals surface area contributed by atoms with E-state index in [1.54, 1.807) is 18.2 Å². The van der Waals surface area contributed by atoms with Gasteiger partial charge in [-0.1, -0.05) is 11.2 Å². The average molecular weight is 563 g/mol. The first-order chi connectivity index (χ1) is 19.0. The predicted octanol–water partition coefficient (Wildman–Crippen LogP) is 5.00. The van der Waals surface area contributed by atoms with Crippen molar-refractivity contribution in [2.75, 3.05) is 0 Å². The zero-order valence-corrected chi connectivity index (χ0v) is 21.6. The molecule has 214 valence electrons. The summed E-state index contributed by atoms with van der Waals surface area (Å²) in [7, 11) is 0. The van der Waals surface area contributed by atoms with Crippen LogP contribution in [0.2, 0.25) is 0 Å². The summed E-state index contributed by atoms with van der Waals surface area (Å²) in [6.07, 6.45) is 2.34. The molecule has 2 heterocycles. The molecule has 3 aliphatic carbocycles. The molecule has 0 bridgehead atoms. The molecule has 3 aliphatic rings. The first-order valence-corrected chi connectivity index (χ1v) is 13.7. The molecule has 3 fully saturated rings. The number of nitrogens with zero attached hydrogens (tertiary/aromatic N) is 3. The fraction of sp³-hybridized carbons (Fsp3) is 0.593. The normalized spacial score (nSPS) is 21.3. The highest BCUT2D eigenvalue weighted by molar-refractivity contribution is 5.92. The molecule has 2 aromatic heterocycles. The van der Waals surface area contributed by atoms with E-state index < -0.39 is 42.0 Å². The van der Waals surface area contributed by atoms with Gasteiger partial charge >= 0.3 is 5.92 Å². The first-order valence-electron chi connectivity index (χ1n) is 13.7. The molecule has 0 radical (unpaired) electrons. The number of halogens is 4. The van der Waals surface area contributed by atoms with Gasteiger partial charge in [0.25, 0.3) is 11.8 Å². The van der Waals surface area contributed by atoms with Crippen molar-refractivity contribution in [1.29, 1.82) is 0 Å². The van der Waals surface area contributed by atoms with Crippen LogP contribution in [0.15, 0.2) is 22.8 Å². The number of imidazole rings is 1. The molecule has 0 aliphatic heterocycles. The van der Waals surface area contributed by atoms with Gasteiger partial charge in [-0.2, -0.15) is 8.78 Å².